The smallest absolute Gasteiger partial charge is 0.261 e. The van der Waals surface area contributed by atoms with Crippen molar-refractivity contribution in [1.29, 1.82) is 0 Å². The van der Waals surface area contributed by atoms with Crippen LogP contribution in [0.15, 0.2) is 42.5 Å². The third kappa shape index (κ3) is 3.35. The molecular formula is C20H24N4O2. The van der Waals surface area contributed by atoms with E-state index >= 15 is 0 Å². The van der Waals surface area contributed by atoms with Gasteiger partial charge in [0.1, 0.15) is 0 Å². The summed E-state index contributed by atoms with van der Waals surface area (Å²) in [6, 6.07) is 12.9. The highest BCUT2D eigenvalue weighted by Crippen LogP contribution is 2.25. The van der Waals surface area contributed by atoms with E-state index in [0.29, 0.717) is 17.7 Å². The number of benzene rings is 2. The summed E-state index contributed by atoms with van der Waals surface area (Å²) in [5.74, 6) is -0.368. The van der Waals surface area contributed by atoms with E-state index < -0.39 is 0 Å². The second-order valence-corrected chi connectivity index (χ2v) is 6.46. The van der Waals surface area contributed by atoms with E-state index in [2.05, 4.69) is 10.2 Å². The molecule has 3 rings (SSSR count). The zero-order chi connectivity index (χ0) is 18.7. The Bertz CT molecular complexity index is 799. The summed E-state index contributed by atoms with van der Waals surface area (Å²) in [7, 11) is 3.87. The lowest BCUT2D eigenvalue weighted by Crippen LogP contribution is -2.31. The van der Waals surface area contributed by atoms with Crippen molar-refractivity contribution in [2.45, 2.75) is 12.8 Å². The summed E-state index contributed by atoms with van der Waals surface area (Å²) in [5, 5.41) is 3.08. The fourth-order valence-electron chi connectivity index (χ4n) is 3.19. The maximum absolute atomic E-state index is 12.3. The highest BCUT2D eigenvalue weighted by Gasteiger charge is 2.34. The third-order valence-electron chi connectivity index (χ3n) is 4.75. The SMILES string of the molecule is CNc1cc(N(C)CCCCN2C(=O)c3ccccc3C2=O)ccc1N. The van der Waals surface area contributed by atoms with E-state index in [-0.39, 0.29) is 11.8 Å². The summed E-state index contributed by atoms with van der Waals surface area (Å²) in [6.07, 6.45) is 1.65. The van der Waals surface area contributed by atoms with Crippen molar-refractivity contribution in [2.24, 2.45) is 0 Å². The third-order valence-corrected chi connectivity index (χ3v) is 4.75. The molecule has 26 heavy (non-hydrogen) atoms. The number of amides is 2. The summed E-state index contributed by atoms with van der Waals surface area (Å²) in [5.41, 5.74) is 9.62. The Morgan fingerprint density at radius 2 is 1.69 bits per heavy atom. The zero-order valence-electron chi connectivity index (χ0n) is 15.2. The van der Waals surface area contributed by atoms with Crippen LogP contribution in [0.3, 0.4) is 0 Å². The number of carbonyl (C=O) groups is 2. The Hall–Kier alpha value is -3.02. The number of anilines is 3. The Morgan fingerprint density at radius 1 is 1.04 bits per heavy atom. The molecule has 0 aromatic heterocycles. The van der Waals surface area contributed by atoms with E-state index in [4.69, 9.17) is 5.73 Å². The molecule has 3 N–H and O–H groups in total. The highest BCUT2D eigenvalue weighted by molar-refractivity contribution is 6.21. The lowest BCUT2D eigenvalue weighted by atomic mass is 10.1. The van der Waals surface area contributed by atoms with E-state index in [1.54, 1.807) is 24.3 Å². The molecule has 0 unspecified atom stereocenters. The minimum absolute atomic E-state index is 0.184. The largest absolute Gasteiger partial charge is 0.397 e. The zero-order valence-corrected chi connectivity index (χ0v) is 15.2. The van der Waals surface area contributed by atoms with Gasteiger partial charge in [0.05, 0.1) is 22.5 Å². The molecule has 2 amide bonds. The summed E-state index contributed by atoms with van der Waals surface area (Å²) < 4.78 is 0. The molecule has 0 fully saturated rings. The maximum atomic E-state index is 12.3. The lowest BCUT2D eigenvalue weighted by Gasteiger charge is -2.21. The van der Waals surface area contributed by atoms with Crippen molar-refractivity contribution in [1.82, 2.24) is 4.90 Å². The van der Waals surface area contributed by atoms with Gasteiger partial charge in [0.2, 0.25) is 0 Å². The van der Waals surface area contributed by atoms with Crippen molar-refractivity contribution < 1.29 is 9.59 Å². The molecule has 0 bridgehead atoms. The van der Waals surface area contributed by atoms with Gasteiger partial charge in [0.15, 0.2) is 0 Å². The average molecular weight is 352 g/mol. The minimum atomic E-state index is -0.184. The van der Waals surface area contributed by atoms with E-state index in [1.807, 2.05) is 32.3 Å². The van der Waals surface area contributed by atoms with Gasteiger partial charge in [-0.1, -0.05) is 12.1 Å². The number of nitrogen functional groups attached to an aromatic ring is 1. The normalized spacial score (nSPS) is 13.1. The molecule has 0 atom stereocenters. The second-order valence-electron chi connectivity index (χ2n) is 6.46. The minimum Gasteiger partial charge on any atom is -0.397 e. The highest BCUT2D eigenvalue weighted by atomic mass is 16.2. The maximum Gasteiger partial charge on any atom is 0.261 e. The van der Waals surface area contributed by atoms with Crippen LogP contribution in [0.4, 0.5) is 17.1 Å². The van der Waals surface area contributed by atoms with Crippen LogP contribution in [-0.2, 0) is 0 Å². The molecule has 1 aliphatic heterocycles. The number of nitrogens with two attached hydrogens (primary N) is 1. The van der Waals surface area contributed by atoms with Crippen molar-refractivity contribution in [3.63, 3.8) is 0 Å². The molecule has 0 aliphatic carbocycles. The molecular weight excluding hydrogens is 328 g/mol. The molecule has 6 nitrogen and oxygen atoms in total. The average Bonchev–Trinajstić information content (AvgIpc) is 2.90. The number of rotatable bonds is 7. The van der Waals surface area contributed by atoms with Gasteiger partial charge in [-0.25, -0.2) is 0 Å². The standard InChI is InChI=1S/C20H24N4O2/c1-22-18-13-14(9-10-17(18)21)23(2)11-5-6-12-24-19(25)15-7-3-4-8-16(15)20(24)26/h3-4,7-10,13,22H,5-6,11-12,21H2,1-2H3. The second kappa shape index (κ2) is 7.47. The quantitative estimate of drug-likeness (QED) is 0.455. The molecule has 0 saturated heterocycles. The number of carbonyl (C=O) groups excluding carboxylic acids is 2. The fourth-order valence-corrected chi connectivity index (χ4v) is 3.19. The monoisotopic (exact) mass is 352 g/mol. The van der Waals surface area contributed by atoms with Crippen LogP contribution in [0.2, 0.25) is 0 Å². The van der Waals surface area contributed by atoms with Gasteiger partial charge in [-0.05, 0) is 43.2 Å². The molecule has 0 saturated carbocycles. The van der Waals surface area contributed by atoms with Crippen LogP contribution < -0.4 is 16.0 Å². The molecule has 2 aromatic rings. The molecule has 0 radical (unpaired) electrons. The predicted molar refractivity (Wildman–Crippen MR) is 105 cm³/mol. The number of hydrogen-bond acceptors (Lipinski definition) is 5. The van der Waals surface area contributed by atoms with Crippen molar-refractivity contribution in [3.8, 4) is 0 Å². The van der Waals surface area contributed by atoms with Gasteiger partial charge >= 0.3 is 0 Å². The van der Waals surface area contributed by atoms with Gasteiger partial charge in [0, 0.05) is 32.9 Å². The van der Waals surface area contributed by atoms with Crippen LogP contribution in [0.25, 0.3) is 0 Å². The van der Waals surface area contributed by atoms with Crippen molar-refractivity contribution in [2.75, 3.05) is 43.1 Å². The number of fused-ring (bicyclic) bond motifs is 1. The Balaban J connectivity index is 1.52. The first-order chi connectivity index (χ1) is 12.5. The van der Waals surface area contributed by atoms with Crippen LogP contribution in [0.5, 0.6) is 0 Å². The first-order valence-electron chi connectivity index (χ1n) is 8.76. The first-order valence-corrected chi connectivity index (χ1v) is 8.76. The lowest BCUT2D eigenvalue weighted by molar-refractivity contribution is 0.0652. The van der Waals surface area contributed by atoms with E-state index in [9.17, 15) is 9.59 Å². The molecule has 2 aromatic carbocycles. The van der Waals surface area contributed by atoms with Crippen molar-refractivity contribution in [3.05, 3.63) is 53.6 Å². The first kappa shape index (κ1) is 17.8. The van der Waals surface area contributed by atoms with E-state index in [0.717, 1.165) is 36.4 Å². The molecule has 136 valence electrons. The van der Waals surface area contributed by atoms with Crippen molar-refractivity contribution >= 4 is 28.9 Å². The van der Waals surface area contributed by atoms with Gasteiger partial charge < -0.3 is 16.0 Å². The Kier molecular flexibility index (Phi) is 5.11. The number of unbranched alkanes of at least 4 members (excludes halogenated alkanes) is 1. The fraction of sp³-hybridized carbons (Fsp3) is 0.300. The number of hydrogen-bond donors (Lipinski definition) is 2. The number of nitrogens with zero attached hydrogens (tertiary/aromatic N) is 2. The van der Waals surface area contributed by atoms with Crippen LogP contribution in [0, 0.1) is 0 Å². The van der Waals surface area contributed by atoms with Gasteiger partial charge in [0.25, 0.3) is 11.8 Å². The van der Waals surface area contributed by atoms with Crippen LogP contribution in [0.1, 0.15) is 33.6 Å². The van der Waals surface area contributed by atoms with E-state index in [1.165, 1.54) is 4.90 Å². The topological polar surface area (TPSA) is 78.7 Å². The Labute approximate surface area is 153 Å². The van der Waals surface area contributed by atoms with Gasteiger partial charge in [-0.3, -0.25) is 14.5 Å². The number of imide groups is 1. The van der Waals surface area contributed by atoms with Crippen LogP contribution in [-0.4, -0.2) is 43.9 Å². The predicted octanol–water partition coefficient (Wildman–Crippen LogP) is 2.82. The van der Waals surface area contributed by atoms with Gasteiger partial charge in [-0.2, -0.15) is 0 Å². The molecule has 1 heterocycles. The summed E-state index contributed by atoms with van der Waals surface area (Å²) in [6.45, 7) is 1.28. The molecule has 1 aliphatic rings. The summed E-state index contributed by atoms with van der Waals surface area (Å²) in [4.78, 5) is 28.2. The molecule has 6 heteroatoms. The van der Waals surface area contributed by atoms with Gasteiger partial charge in [-0.15, -0.1) is 0 Å². The number of nitrogens with one attached hydrogen (secondary N) is 1. The summed E-state index contributed by atoms with van der Waals surface area (Å²) >= 11 is 0. The van der Waals surface area contributed by atoms with Crippen LogP contribution >= 0.6 is 0 Å². The Morgan fingerprint density at radius 3 is 2.31 bits per heavy atom. The molecule has 0 spiro atoms.